The van der Waals surface area contributed by atoms with Gasteiger partial charge < -0.3 is 19.6 Å². The Morgan fingerprint density at radius 3 is 2.96 bits per heavy atom. The van der Waals surface area contributed by atoms with Crippen molar-refractivity contribution in [1.82, 2.24) is 5.32 Å². The summed E-state index contributed by atoms with van der Waals surface area (Å²) >= 11 is 0. The molecule has 0 saturated heterocycles. The summed E-state index contributed by atoms with van der Waals surface area (Å²) in [5.41, 5.74) is 3.15. The van der Waals surface area contributed by atoms with Crippen LogP contribution in [0, 0.1) is 0 Å². The Balaban J connectivity index is 1.92. The second kappa shape index (κ2) is 8.58. The van der Waals surface area contributed by atoms with Gasteiger partial charge in [0, 0.05) is 25.1 Å². The van der Waals surface area contributed by atoms with E-state index in [1.807, 2.05) is 25.1 Å². The zero-order valence-electron chi connectivity index (χ0n) is 14.2. The van der Waals surface area contributed by atoms with Gasteiger partial charge in [-0.05, 0) is 25.0 Å². The Labute approximate surface area is 138 Å². The van der Waals surface area contributed by atoms with Gasteiger partial charge in [0.1, 0.15) is 12.7 Å². The molecule has 0 saturated carbocycles. The third-order valence-electron chi connectivity index (χ3n) is 3.63. The molecule has 0 aliphatic carbocycles. The van der Waals surface area contributed by atoms with Crippen molar-refractivity contribution in [3.05, 3.63) is 35.9 Å². The van der Waals surface area contributed by atoms with E-state index in [0.717, 1.165) is 47.7 Å². The van der Waals surface area contributed by atoms with Gasteiger partial charge in [0.25, 0.3) is 0 Å². The zero-order chi connectivity index (χ0) is 16.7. The lowest BCUT2D eigenvalue weighted by Crippen LogP contribution is -2.26. The highest BCUT2D eigenvalue weighted by Crippen LogP contribution is 2.31. The van der Waals surface area contributed by atoms with Gasteiger partial charge in [-0.25, -0.2) is 0 Å². The molecule has 1 aromatic rings. The van der Waals surface area contributed by atoms with Crippen molar-refractivity contribution in [2.45, 2.75) is 39.3 Å². The molecule has 0 radical (unpaired) electrons. The lowest BCUT2D eigenvalue weighted by atomic mass is 10.1. The van der Waals surface area contributed by atoms with Gasteiger partial charge in [-0.2, -0.15) is 0 Å². The normalized spacial score (nSPS) is 16.7. The van der Waals surface area contributed by atoms with Crippen LogP contribution in [-0.4, -0.2) is 32.1 Å². The average molecular weight is 318 g/mol. The molecule has 1 N–H and O–H groups in total. The number of hydrogen-bond donors (Lipinski definition) is 1. The summed E-state index contributed by atoms with van der Waals surface area (Å²) in [5.74, 6) is 1.50. The summed E-state index contributed by atoms with van der Waals surface area (Å²) in [7, 11) is 1.65. The molecule has 23 heavy (non-hydrogen) atoms. The molecule has 2 rings (SSSR count). The van der Waals surface area contributed by atoms with Crippen LogP contribution in [0.2, 0.25) is 0 Å². The first-order chi connectivity index (χ1) is 11.1. The zero-order valence-corrected chi connectivity index (χ0v) is 14.2. The summed E-state index contributed by atoms with van der Waals surface area (Å²) < 4.78 is 11.3. The highest BCUT2D eigenvalue weighted by atomic mass is 16.6. The van der Waals surface area contributed by atoms with E-state index in [4.69, 9.17) is 14.3 Å². The molecule has 0 unspecified atom stereocenters. The predicted octanol–water partition coefficient (Wildman–Crippen LogP) is 3.29. The Hall–Kier alpha value is -2.01. The smallest absolute Gasteiger partial charge is 0.166 e. The molecule has 1 aliphatic heterocycles. The Kier molecular flexibility index (Phi) is 6.47. The molecular formula is C18H26N2O3. The van der Waals surface area contributed by atoms with Crippen LogP contribution < -0.4 is 14.8 Å². The highest BCUT2D eigenvalue weighted by molar-refractivity contribution is 5.85. The number of rotatable bonds is 9. The lowest BCUT2D eigenvalue weighted by molar-refractivity contribution is 0.0847. The van der Waals surface area contributed by atoms with Crippen LogP contribution in [0.5, 0.6) is 11.5 Å². The maximum Gasteiger partial charge on any atom is 0.166 e. The van der Waals surface area contributed by atoms with E-state index in [9.17, 15) is 0 Å². The third kappa shape index (κ3) is 4.99. The molecule has 0 bridgehead atoms. The molecule has 1 atom stereocenters. The number of methoxy groups -OCH3 is 1. The standard InChI is InChI=1S/C18H26N2O3/c1-5-15-9-16(23-20-15)11-19-10-14-7-6-8-17(21-4)18(14)22-12-13(2)3/h6-8,16,19H,2,5,9-12H2,1,3-4H3/t16-/m1/s1. The van der Waals surface area contributed by atoms with Gasteiger partial charge in [-0.1, -0.05) is 30.8 Å². The highest BCUT2D eigenvalue weighted by Gasteiger charge is 2.19. The number of oxime groups is 1. The number of benzene rings is 1. The monoisotopic (exact) mass is 318 g/mol. The number of nitrogens with zero attached hydrogens (tertiary/aromatic N) is 1. The van der Waals surface area contributed by atoms with Crippen molar-refractivity contribution < 1.29 is 14.3 Å². The van der Waals surface area contributed by atoms with Crippen molar-refractivity contribution in [1.29, 1.82) is 0 Å². The Morgan fingerprint density at radius 2 is 2.30 bits per heavy atom. The summed E-state index contributed by atoms with van der Waals surface area (Å²) in [6.07, 6.45) is 1.97. The topological polar surface area (TPSA) is 52.1 Å². The van der Waals surface area contributed by atoms with E-state index >= 15 is 0 Å². The van der Waals surface area contributed by atoms with E-state index in [2.05, 4.69) is 24.0 Å². The molecule has 0 amide bonds. The van der Waals surface area contributed by atoms with Crippen LogP contribution in [0.15, 0.2) is 35.5 Å². The van der Waals surface area contributed by atoms with E-state index in [1.54, 1.807) is 7.11 Å². The first-order valence-corrected chi connectivity index (χ1v) is 7.99. The van der Waals surface area contributed by atoms with Gasteiger partial charge >= 0.3 is 0 Å². The molecule has 126 valence electrons. The summed E-state index contributed by atoms with van der Waals surface area (Å²) in [4.78, 5) is 5.41. The fourth-order valence-corrected chi connectivity index (χ4v) is 2.39. The van der Waals surface area contributed by atoms with E-state index < -0.39 is 0 Å². The first-order valence-electron chi connectivity index (χ1n) is 7.99. The van der Waals surface area contributed by atoms with E-state index in [0.29, 0.717) is 13.2 Å². The van der Waals surface area contributed by atoms with Gasteiger partial charge in [0.15, 0.2) is 11.5 Å². The molecule has 5 heteroatoms. The van der Waals surface area contributed by atoms with E-state index in [-0.39, 0.29) is 6.10 Å². The number of hydrogen-bond acceptors (Lipinski definition) is 5. The Morgan fingerprint density at radius 1 is 1.48 bits per heavy atom. The van der Waals surface area contributed by atoms with Crippen molar-refractivity contribution >= 4 is 5.71 Å². The number of para-hydroxylation sites is 1. The third-order valence-corrected chi connectivity index (χ3v) is 3.63. The Bertz CT molecular complexity index is 569. The molecule has 0 fully saturated rings. The predicted molar refractivity (Wildman–Crippen MR) is 92.2 cm³/mol. The van der Waals surface area contributed by atoms with Crippen LogP contribution in [0.25, 0.3) is 0 Å². The quantitative estimate of drug-likeness (QED) is 0.710. The fraction of sp³-hybridized carbons (Fsp3) is 0.500. The van der Waals surface area contributed by atoms with Crippen molar-refractivity contribution in [3.63, 3.8) is 0 Å². The lowest BCUT2D eigenvalue weighted by Gasteiger charge is -2.16. The van der Waals surface area contributed by atoms with Crippen molar-refractivity contribution in [2.75, 3.05) is 20.3 Å². The first kappa shape index (κ1) is 17.3. The van der Waals surface area contributed by atoms with Crippen LogP contribution in [0.1, 0.15) is 32.3 Å². The SMILES string of the molecule is C=C(C)COc1c(CNC[C@H]2CC(CC)=NO2)cccc1OC. The minimum absolute atomic E-state index is 0.121. The summed E-state index contributed by atoms with van der Waals surface area (Å²) in [5, 5.41) is 7.49. The second-order valence-corrected chi connectivity index (χ2v) is 5.77. The summed E-state index contributed by atoms with van der Waals surface area (Å²) in [6.45, 7) is 9.83. The maximum absolute atomic E-state index is 5.86. The minimum Gasteiger partial charge on any atom is -0.493 e. The largest absolute Gasteiger partial charge is 0.493 e. The second-order valence-electron chi connectivity index (χ2n) is 5.77. The van der Waals surface area contributed by atoms with Gasteiger partial charge in [-0.3, -0.25) is 0 Å². The molecule has 0 spiro atoms. The van der Waals surface area contributed by atoms with Gasteiger partial charge in [0.05, 0.1) is 12.8 Å². The maximum atomic E-state index is 5.86. The van der Waals surface area contributed by atoms with Crippen LogP contribution in [0.3, 0.4) is 0 Å². The van der Waals surface area contributed by atoms with Crippen molar-refractivity contribution in [2.24, 2.45) is 5.16 Å². The van der Waals surface area contributed by atoms with Crippen LogP contribution in [0.4, 0.5) is 0 Å². The number of ether oxygens (including phenoxy) is 2. The average Bonchev–Trinajstić information content (AvgIpc) is 3.01. The van der Waals surface area contributed by atoms with E-state index in [1.165, 1.54) is 0 Å². The molecule has 1 heterocycles. The molecular weight excluding hydrogens is 292 g/mol. The molecule has 1 aromatic carbocycles. The number of nitrogens with one attached hydrogen (secondary N) is 1. The molecule has 1 aliphatic rings. The van der Waals surface area contributed by atoms with Gasteiger partial charge in [-0.15, -0.1) is 0 Å². The fourth-order valence-electron chi connectivity index (χ4n) is 2.39. The van der Waals surface area contributed by atoms with Crippen LogP contribution >= 0.6 is 0 Å². The molecule has 0 aromatic heterocycles. The van der Waals surface area contributed by atoms with Gasteiger partial charge in [0.2, 0.25) is 0 Å². The minimum atomic E-state index is 0.121. The molecule has 5 nitrogen and oxygen atoms in total. The van der Waals surface area contributed by atoms with Crippen molar-refractivity contribution in [3.8, 4) is 11.5 Å². The summed E-state index contributed by atoms with van der Waals surface area (Å²) in [6, 6.07) is 5.90. The van der Waals surface area contributed by atoms with Crippen LogP contribution in [-0.2, 0) is 11.4 Å².